The third kappa shape index (κ3) is 5.22. The average Bonchev–Trinajstić information content (AvgIpc) is 2.96. The lowest BCUT2D eigenvalue weighted by Crippen LogP contribution is -2.27. The van der Waals surface area contributed by atoms with E-state index in [0.717, 1.165) is 18.9 Å². The number of nitrogens with two attached hydrogens (primary N) is 1. The van der Waals surface area contributed by atoms with Crippen molar-refractivity contribution in [1.82, 2.24) is 5.32 Å². The summed E-state index contributed by atoms with van der Waals surface area (Å²) in [4.78, 5) is 11.3. The Labute approximate surface area is 86.4 Å². The van der Waals surface area contributed by atoms with Gasteiger partial charge in [0.2, 0.25) is 5.91 Å². The van der Waals surface area contributed by atoms with Crippen LogP contribution in [0, 0.1) is 11.8 Å². The normalized spacial score (nSPS) is 17.9. The first-order chi connectivity index (χ1) is 6.72. The molecule has 0 aromatic rings. The van der Waals surface area contributed by atoms with Gasteiger partial charge in [-0.2, -0.15) is 0 Å². The van der Waals surface area contributed by atoms with Gasteiger partial charge < -0.3 is 11.1 Å². The van der Waals surface area contributed by atoms with Crippen LogP contribution in [-0.4, -0.2) is 19.0 Å². The van der Waals surface area contributed by atoms with E-state index in [1.54, 1.807) is 0 Å². The summed E-state index contributed by atoms with van der Waals surface area (Å²) in [6.45, 7) is 3.44. The minimum absolute atomic E-state index is 0.152. The van der Waals surface area contributed by atoms with Crippen LogP contribution in [0.15, 0.2) is 0 Å². The fourth-order valence-electron chi connectivity index (χ4n) is 1.50. The molecule has 1 amide bonds. The topological polar surface area (TPSA) is 55.1 Å². The number of amides is 1. The van der Waals surface area contributed by atoms with Crippen molar-refractivity contribution in [2.45, 2.75) is 39.0 Å². The first kappa shape index (κ1) is 11.5. The van der Waals surface area contributed by atoms with Crippen molar-refractivity contribution in [3.8, 4) is 0 Å². The Morgan fingerprint density at radius 3 is 2.86 bits per heavy atom. The second-order valence-corrected chi connectivity index (χ2v) is 4.48. The van der Waals surface area contributed by atoms with Gasteiger partial charge in [-0.25, -0.2) is 0 Å². The molecular formula is C11H22N2O. The Bertz CT molecular complexity index is 178. The first-order valence-corrected chi connectivity index (χ1v) is 5.69. The molecular weight excluding hydrogens is 176 g/mol. The second-order valence-electron chi connectivity index (χ2n) is 4.48. The van der Waals surface area contributed by atoms with Crippen molar-refractivity contribution in [3.05, 3.63) is 0 Å². The monoisotopic (exact) mass is 198 g/mol. The van der Waals surface area contributed by atoms with Gasteiger partial charge in [-0.15, -0.1) is 0 Å². The van der Waals surface area contributed by atoms with Crippen molar-refractivity contribution in [3.63, 3.8) is 0 Å². The summed E-state index contributed by atoms with van der Waals surface area (Å²) >= 11 is 0. The lowest BCUT2D eigenvalue weighted by atomic mass is 10.1. The zero-order valence-electron chi connectivity index (χ0n) is 9.09. The molecule has 3 N–H and O–H groups in total. The zero-order valence-corrected chi connectivity index (χ0v) is 9.09. The minimum Gasteiger partial charge on any atom is -0.356 e. The van der Waals surface area contributed by atoms with Gasteiger partial charge in [0.15, 0.2) is 0 Å². The molecule has 1 fully saturated rings. The molecule has 0 aromatic heterocycles. The van der Waals surface area contributed by atoms with Gasteiger partial charge in [0.1, 0.15) is 0 Å². The van der Waals surface area contributed by atoms with Crippen molar-refractivity contribution < 1.29 is 4.79 Å². The molecule has 0 radical (unpaired) electrons. The van der Waals surface area contributed by atoms with E-state index < -0.39 is 0 Å². The van der Waals surface area contributed by atoms with E-state index in [9.17, 15) is 4.79 Å². The van der Waals surface area contributed by atoms with Gasteiger partial charge in [-0.05, 0) is 31.2 Å². The lowest BCUT2D eigenvalue weighted by molar-refractivity contribution is -0.121. The van der Waals surface area contributed by atoms with Crippen molar-refractivity contribution in [1.29, 1.82) is 0 Å². The van der Waals surface area contributed by atoms with Crippen LogP contribution in [0.2, 0.25) is 0 Å². The first-order valence-electron chi connectivity index (χ1n) is 5.69. The molecule has 0 aromatic carbocycles. The SMILES string of the molecule is CC(CN)CC(=O)NCCCC1CC1. The smallest absolute Gasteiger partial charge is 0.220 e. The standard InChI is InChI=1S/C11H22N2O/c1-9(8-12)7-11(14)13-6-2-3-10-4-5-10/h9-10H,2-8,12H2,1H3,(H,13,14). The quantitative estimate of drug-likeness (QED) is 0.605. The largest absolute Gasteiger partial charge is 0.356 e. The van der Waals surface area contributed by atoms with Crippen LogP contribution < -0.4 is 11.1 Å². The van der Waals surface area contributed by atoms with Crippen LogP contribution in [0.4, 0.5) is 0 Å². The Hall–Kier alpha value is -0.570. The summed E-state index contributed by atoms with van der Waals surface area (Å²) in [7, 11) is 0. The van der Waals surface area contributed by atoms with Crippen LogP contribution in [-0.2, 0) is 4.79 Å². The van der Waals surface area contributed by atoms with E-state index in [4.69, 9.17) is 5.73 Å². The van der Waals surface area contributed by atoms with Gasteiger partial charge in [0, 0.05) is 13.0 Å². The maximum Gasteiger partial charge on any atom is 0.220 e. The molecule has 1 rings (SSSR count). The van der Waals surface area contributed by atoms with Gasteiger partial charge in [-0.3, -0.25) is 4.79 Å². The van der Waals surface area contributed by atoms with Crippen LogP contribution >= 0.6 is 0 Å². The van der Waals surface area contributed by atoms with Crippen LogP contribution in [0.25, 0.3) is 0 Å². The van der Waals surface area contributed by atoms with E-state index >= 15 is 0 Å². The van der Waals surface area contributed by atoms with Gasteiger partial charge in [0.25, 0.3) is 0 Å². The third-order valence-corrected chi connectivity index (χ3v) is 2.74. The van der Waals surface area contributed by atoms with Crippen molar-refractivity contribution >= 4 is 5.91 Å². The molecule has 1 unspecified atom stereocenters. The summed E-state index contributed by atoms with van der Waals surface area (Å²) in [6, 6.07) is 0. The predicted molar refractivity (Wildman–Crippen MR) is 57.8 cm³/mol. The number of rotatable bonds is 7. The highest BCUT2D eigenvalue weighted by Crippen LogP contribution is 2.33. The van der Waals surface area contributed by atoms with Crippen LogP contribution in [0.3, 0.4) is 0 Å². The van der Waals surface area contributed by atoms with E-state index in [1.807, 2.05) is 6.92 Å². The fourth-order valence-corrected chi connectivity index (χ4v) is 1.50. The molecule has 1 atom stereocenters. The Balaban J connectivity index is 1.91. The molecule has 14 heavy (non-hydrogen) atoms. The van der Waals surface area contributed by atoms with E-state index in [0.29, 0.717) is 18.9 Å². The van der Waals surface area contributed by atoms with Gasteiger partial charge in [-0.1, -0.05) is 19.8 Å². The molecule has 1 aliphatic carbocycles. The van der Waals surface area contributed by atoms with Crippen molar-refractivity contribution in [2.24, 2.45) is 17.6 Å². The second kappa shape index (κ2) is 6.02. The summed E-state index contributed by atoms with van der Waals surface area (Å²) in [5.41, 5.74) is 5.44. The Kier molecular flexibility index (Phi) is 4.94. The molecule has 0 bridgehead atoms. The van der Waals surface area contributed by atoms with Crippen LogP contribution in [0.1, 0.15) is 39.0 Å². The molecule has 82 valence electrons. The third-order valence-electron chi connectivity index (χ3n) is 2.74. The molecule has 1 aliphatic rings. The molecule has 3 nitrogen and oxygen atoms in total. The molecule has 0 heterocycles. The Morgan fingerprint density at radius 2 is 2.29 bits per heavy atom. The molecule has 0 spiro atoms. The lowest BCUT2D eigenvalue weighted by Gasteiger charge is -2.08. The highest BCUT2D eigenvalue weighted by molar-refractivity contribution is 5.76. The molecule has 1 saturated carbocycles. The number of hydrogen-bond donors (Lipinski definition) is 2. The average molecular weight is 198 g/mol. The maximum absolute atomic E-state index is 11.3. The van der Waals surface area contributed by atoms with Crippen molar-refractivity contribution in [2.75, 3.05) is 13.1 Å². The molecule has 3 heteroatoms. The highest BCUT2D eigenvalue weighted by Gasteiger charge is 2.20. The maximum atomic E-state index is 11.3. The number of carbonyl (C=O) groups is 1. The summed E-state index contributed by atoms with van der Waals surface area (Å²) in [6.07, 6.45) is 5.79. The number of carbonyl (C=O) groups excluding carboxylic acids is 1. The summed E-state index contributed by atoms with van der Waals surface area (Å²) in [5, 5.41) is 2.94. The highest BCUT2D eigenvalue weighted by atomic mass is 16.1. The predicted octanol–water partition coefficient (Wildman–Crippen LogP) is 1.28. The van der Waals surface area contributed by atoms with Crippen LogP contribution in [0.5, 0.6) is 0 Å². The minimum atomic E-state index is 0.152. The van der Waals surface area contributed by atoms with Gasteiger partial charge in [0.05, 0.1) is 0 Å². The van der Waals surface area contributed by atoms with Gasteiger partial charge >= 0.3 is 0 Å². The zero-order chi connectivity index (χ0) is 10.4. The number of hydrogen-bond acceptors (Lipinski definition) is 2. The number of nitrogens with one attached hydrogen (secondary N) is 1. The fraction of sp³-hybridized carbons (Fsp3) is 0.909. The molecule has 0 saturated heterocycles. The van der Waals surface area contributed by atoms with E-state index in [-0.39, 0.29) is 5.91 Å². The summed E-state index contributed by atoms with van der Waals surface area (Å²) < 4.78 is 0. The summed E-state index contributed by atoms with van der Waals surface area (Å²) in [5.74, 6) is 1.42. The van der Waals surface area contributed by atoms with E-state index in [2.05, 4.69) is 5.32 Å². The Morgan fingerprint density at radius 1 is 1.57 bits per heavy atom. The van der Waals surface area contributed by atoms with E-state index in [1.165, 1.54) is 19.3 Å². The molecule has 0 aliphatic heterocycles.